The lowest BCUT2D eigenvalue weighted by atomic mass is 9.39. The molecule has 0 amide bonds. The van der Waals surface area contributed by atoms with E-state index in [0.717, 1.165) is 24.8 Å². The van der Waals surface area contributed by atoms with Crippen LogP contribution in [0.15, 0.2) is 23.8 Å². The molecule has 154 valence electrons. The lowest BCUT2D eigenvalue weighted by molar-refractivity contribution is -0.207. The average molecular weight is 387 g/mol. The second-order valence-corrected chi connectivity index (χ2v) is 10.5. The molecule has 0 aromatic carbocycles. The van der Waals surface area contributed by atoms with E-state index < -0.39 is 22.5 Å². The standard InChI is InChI=1S/C24H34O4/c1-6-19(26)24(28)14(2)11-18-17-8-7-15-12-16(25)9-10-21(15,3)23(17,5)20(27)13-22(18,24)4/h9-10,12,14,17-18,20,27-28H,6-8,11,13H2,1-5H3/t14-,17+,18+,20+,21+,22+,23-,24+/m1/s1. The molecular weight excluding hydrogens is 352 g/mol. The van der Waals surface area contributed by atoms with E-state index in [1.807, 2.05) is 26.8 Å². The van der Waals surface area contributed by atoms with Gasteiger partial charge in [-0.1, -0.05) is 46.3 Å². The van der Waals surface area contributed by atoms with E-state index in [-0.39, 0.29) is 34.7 Å². The third-order valence-corrected chi connectivity index (χ3v) is 9.73. The van der Waals surface area contributed by atoms with Gasteiger partial charge in [-0.25, -0.2) is 0 Å². The summed E-state index contributed by atoms with van der Waals surface area (Å²) in [7, 11) is 0. The summed E-state index contributed by atoms with van der Waals surface area (Å²) in [5.74, 6) is 0.203. The predicted octanol–water partition coefficient (Wildman–Crippen LogP) is 3.61. The summed E-state index contributed by atoms with van der Waals surface area (Å²) in [6, 6.07) is 0. The Morgan fingerprint density at radius 3 is 2.57 bits per heavy atom. The second kappa shape index (κ2) is 5.89. The number of aliphatic hydroxyl groups excluding tert-OH is 1. The summed E-state index contributed by atoms with van der Waals surface area (Å²) in [4.78, 5) is 24.9. The molecule has 4 rings (SSSR count). The van der Waals surface area contributed by atoms with E-state index >= 15 is 0 Å². The summed E-state index contributed by atoms with van der Waals surface area (Å²) in [5.41, 5.74) is -1.66. The molecule has 0 aromatic heterocycles. The van der Waals surface area contributed by atoms with Crippen molar-refractivity contribution in [3.8, 4) is 0 Å². The van der Waals surface area contributed by atoms with Crippen LogP contribution in [0, 0.1) is 34.0 Å². The molecule has 4 aliphatic rings. The van der Waals surface area contributed by atoms with Gasteiger partial charge in [0, 0.05) is 22.7 Å². The zero-order chi connectivity index (χ0) is 20.7. The van der Waals surface area contributed by atoms with Gasteiger partial charge in [0.15, 0.2) is 11.6 Å². The topological polar surface area (TPSA) is 74.6 Å². The third-order valence-electron chi connectivity index (χ3n) is 9.73. The van der Waals surface area contributed by atoms with Crippen LogP contribution in [0.5, 0.6) is 0 Å². The molecule has 8 atom stereocenters. The molecule has 0 heterocycles. The van der Waals surface area contributed by atoms with Crippen molar-refractivity contribution in [2.24, 2.45) is 34.0 Å². The van der Waals surface area contributed by atoms with E-state index in [1.54, 1.807) is 12.2 Å². The van der Waals surface area contributed by atoms with Crippen molar-refractivity contribution in [1.82, 2.24) is 0 Å². The molecule has 4 aliphatic carbocycles. The predicted molar refractivity (Wildman–Crippen MR) is 107 cm³/mol. The summed E-state index contributed by atoms with van der Waals surface area (Å²) >= 11 is 0. The maximum absolute atomic E-state index is 12.9. The van der Waals surface area contributed by atoms with E-state index in [9.17, 15) is 19.8 Å². The molecule has 0 aromatic rings. The molecule has 0 unspecified atom stereocenters. The summed E-state index contributed by atoms with van der Waals surface area (Å²) < 4.78 is 0. The normalized spacial score (nSPS) is 52.5. The molecule has 3 fully saturated rings. The lowest BCUT2D eigenvalue weighted by Gasteiger charge is -2.65. The number of rotatable bonds is 2. The number of ketones is 2. The van der Waals surface area contributed by atoms with E-state index in [4.69, 9.17) is 0 Å². The van der Waals surface area contributed by atoms with Gasteiger partial charge in [0.25, 0.3) is 0 Å². The maximum Gasteiger partial charge on any atom is 0.178 e. The third kappa shape index (κ3) is 2.04. The number of Topliss-reactive ketones (excluding diaryl/α,β-unsaturated/α-hetero) is 1. The Kier molecular flexibility index (Phi) is 4.21. The molecule has 0 spiro atoms. The number of allylic oxidation sites excluding steroid dienone is 4. The first-order valence-corrected chi connectivity index (χ1v) is 10.8. The van der Waals surface area contributed by atoms with Gasteiger partial charge in [0.05, 0.1) is 6.10 Å². The fourth-order valence-electron chi connectivity index (χ4n) is 7.84. The van der Waals surface area contributed by atoms with Gasteiger partial charge >= 0.3 is 0 Å². The van der Waals surface area contributed by atoms with Gasteiger partial charge < -0.3 is 10.2 Å². The molecule has 3 saturated carbocycles. The quantitative estimate of drug-likeness (QED) is 0.760. The van der Waals surface area contributed by atoms with Crippen LogP contribution in [0.1, 0.15) is 66.7 Å². The molecule has 28 heavy (non-hydrogen) atoms. The van der Waals surface area contributed by atoms with Crippen molar-refractivity contribution >= 4 is 11.6 Å². The highest BCUT2D eigenvalue weighted by molar-refractivity contribution is 6.01. The fourth-order valence-corrected chi connectivity index (χ4v) is 7.84. The zero-order valence-electron chi connectivity index (χ0n) is 17.8. The fraction of sp³-hybridized carbons (Fsp3) is 0.750. The minimum absolute atomic E-state index is 0.0297. The molecule has 2 N–H and O–H groups in total. The van der Waals surface area contributed by atoms with E-state index in [1.165, 1.54) is 0 Å². The molecule has 0 saturated heterocycles. The van der Waals surface area contributed by atoms with Crippen LogP contribution in [0.3, 0.4) is 0 Å². The van der Waals surface area contributed by atoms with Crippen LogP contribution in [0.25, 0.3) is 0 Å². The van der Waals surface area contributed by atoms with Gasteiger partial charge in [-0.3, -0.25) is 9.59 Å². The Balaban J connectivity index is 1.84. The number of hydrogen-bond acceptors (Lipinski definition) is 4. The molecule has 0 aliphatic heterocycles. The minimum atomic E-state index is -1.37. The van der Waals surface area contributed by atoms with Crippen LogP contribution in [-0.2, 0) is 9.59 Å². The summed E-state index contributed by atoms with van der Waals surface area (Å²) in [6.45, 7) is 10.2. The summed E-state index contributed by atoms with van der Waals surface area (Å²) in [6.07, 6.45) is 8.03. The van der Waals surface area contributed by atoms with Crippen molar-refractivity contribution in [3.05, 3.63) is 23.8 Å². The molecular formula is C24H34O4. The van der Waals surface area contributed by atoms with Crippen molar-refractivity contribution in [3.63, 3.8) is 0 Å². The monoisotopic (exact) mass is 386 g/mol. The SMILES string of the molecule is CCC(=O)[C@@]1(O)[C@H](C)C[C@H]2[C@@H]3CCC4=CC(=O)C=C[C@]4(C)[C@@]3(C)[C@@H](O)C[C@@]21C. The highest BCUT2D eigenvalue weighted by Crippen LogP contribution is 2.72. The smallest absolute Gasteiger partial charge is 0.178 e. The average Bonchev–Trinajstić information content (AvgIpc) is 2.84. The van der Waals surface area contributed by atoms with E-state index in [0.29, 0.717) is 12.8 Å². The zero-order valence-corrected chi connectivity index (χ0v) is 17.8. The lowest BCUT2D eigenvalue weighted by Crippen LogP contribution is -2.66. The molecule has 0 bridgehead atoms. The minimum Gasteiger partial charge on any atom is -0.392 e. The van der Waals surface area contributed by atoms with Crippen LogP contribution in [-0.4, -0.2) is 33.5 Å². The number of hydrogen-bond donors (Lipinski definition) is 2. The number of fused-ring (bicyclic) bond motifs is 5. The van der Waals surface area contributed by atoms with Crippen LogP contribution in [0.2, 0.25) is 0 Å². The first kappa shape index (κ1) is 20.0. The van der Waals surface area contributed by atoms with Crippen LogP contribution < -0.4 is 0 Å². The van der Waals surface area contributed by atoms with Gasteiger partial charge in [-0.05, 0) is 55.6 Å². The Morgan fingerprint density at radius 2 is 1.93 bits per heavy atom. The first-order chi connectivity index (χ1) is 13.0. The van der Waals surface area contributed by atoms with Crippen LogP contribution in [0.4, 0.5) is 0 Å². The van der Waals surface area contributed by atoms with Gasteiger partial charge in [0.2, 0.25) is 0 Å². The number of carbonyl (C=O) groups excluding carboxylic acids is 2. The van der Waals surface area contributed by atoms with Crippen molar-refractivity contribution in [2.75, 3.05) is 0 Å². The van der Waals surface area contributed by atoms with Crippen molar-refractivity contribution in [2.45, 2.75) is 78.4 Å². The Bertz CT molecular complexity index is 796. The second-order valence-electron chi connectivity index (χ2n) is 10.5. The van der Waals surface area contributed by atoms with Gasteiger partial charge in [-0.2, -0.15) is 0 Å². The highest BCUT2D eigenvalue weighted by Gasteiger charge is 2.73. The maximum atomic E-state index is 12.9. The Labute approximate surface area is 168 Å². The van der Waals surface area contributed by atoms with Crippen molar-refractivity contribution < 1.29 is 19.8 Å². The largest absolute Gasteiger partial charge is 0.392 e. The highest BCUT2D eigenvalue weighted by atomic mass is 16.3. The molecule has 4 heteroatoms. The number of aliphatic hydroxyl groups is 2. The van der Waals surface area contributed by atoms with Gasteiger partial charge in [-0.15, -0.1) is 0 Å². The number of carbonyl (C=O) groups is 2. The van der Waals surface area contributed by atoms with Crippen molar-refractivity contribution in [1.29, 1.82) is 0 Å². The Hall–Kier alpha value is -1.26. The van der Waals surface area contributed by atoms with E-state index in [2.05, 4.69) is 13.8 Å². The molecule has 4 nitrogen and oxygen atoms in total. The first-order valence-electron chi connectivity index (χ1n) is 10.8. The molecule has 0 radical (unpaired) electrons. The van der Waals surface area contributed by atoms with Crippen LogP contribution >= 0.6 is 0 Å². The summed E-state index contributed by atoms with van der Waals surface area (Å²) in [5, 5.41) is 23.2. The Morgan fingerprint density at radius 1 is 1.25 bits per heavy atom. The van der Waals surface area contributed by atoms with Gasteiger partial charge in [0.1, 0.15) is 5.60 Å².